The molecule has 0 spiro atoms. The fourth-order valence-electron chi connectivity index (χ4n) is 2.78. The van der Waals surface area contributed by atoms with Crippen LogP contribution in [-0.2, 0) is 0 Å². The molecule has 0 saturated carbocycles. The van der Waals surface area contributed by atoms with Crippen molar-refractivity contribution in [1.82, 2.24) is 0 Å². The largest absolute Gasteiger partial charge is 0.0996 e. The average molecular weight is 272 g/mol. The Hall–Kier alpha value is -1.04. The van der Waals surface area contributed by atoms with Gasteiger partial charge in [-0.2, -0.15) is 0 Å². The van der Waals surface area contributed by atoms with E-state index in [-0.39, 0.29) is 0 Å². The zero-order valence-electron chi connectivity index (χ0n) is 14.0. The summed E-state index contributed by atoms with van der Waals surface area (Å²) in [6, 6.07) is 0. The lowest BCUT2D eigenvalue weighted by atomic mass is 9.82. The first-order valence-corrected chi connectivity index (χ1v) is 8.11. The summed E-state index contributed by atoms with van der Waals surface area (Å²) >= 11 is 0. The summed E-state index contributed by atoms with van der Waals surface area (Å²) in [6.07, 6.45) is 15.8. The number of hydrogen-bond acceptors (Lipinski definition) is 0. The molecule has 1 aliphatic carbocycles. The van der Waals surface area contributed by atoms with Gasteiger partial charge in [-0.05, 0) is 78.6 Å². The van der Waals surface area contributed by atoms with Crippen LogP contribution in [0.3, 0.4) is 0 Å². The van der Waals surface area contributed by atoms with Crippen LogP contribution in [0.5, 0.6) is 0 Å². The first-order chi connectivity index (χ1) is 9.49. The van der Waals surface area contributed by atoms with Crippen molar-refractivity contribution in [3.63, 3.8) is 0 Å². The van der Waals surface area contributed by atoms with Crippen molar-refractivity contribution < 1.29 is 0 Å². The third-order valence-electron chi connectivity index (χ3n) is 4.12. The van der Waals surface area contributed by atoms with Crippen LogP contribution in [0.25, 0.3) is 0 Å². The Morgan fingerprint density at radius 3 is 2.35 bits per heavy atom. The topological polar surface area (TPSA) is 0 Å². The summed E-state index contributed by atoms with van der Waals surface area (Å²) in [5, 5.41) is 0. The van der Waals surface area contributed by atoms with Gasteiger partial charge >= 0.3 is 0 Å². The van der Waals surface area contributed by atoms with E-state index in [4.69, 9.17) is 0 Å². The Kier molecular flexibility index (Phi) is 7.65. The highest BCUT2D eigenvalue weighted by atomic mass is 14.2. The first kappa shape index (κ1) is 17.0. The van der Waals surface area contributed by atoms with Crippen molar-refractivity contribution in [3.05, 3.63) is 47.1 Å². The molecule has 0 aromatic heterocycles. The molecule has 0 fully saturated rings. The van der Waals surface area contributed by atoms with Crippen molar-refractivity contribution in [2.75, 3.05) is 0 Å². The van der Waals surface area contributed by atoms with Crippen molar-refractivity contribution >= 4 is 0 Å². The molecule has 1 atom stereocenters. The Morgan fingerprint density at radius 2 is 1.80 bits per heavy atom. The van der Waals surface area contributed by atoms with Crippen molar-refractivity contribution in [1.29, 1.82) is 0 Å². The van der Waals surface area contributed by atoms with Crippen molar-refractivity contribution in [3.8, 4) is 0 Å². The molecule has 0 aliphatic heterocycles. The quantitative estimate of drug-likeness (QED) is 0.449. The van der Waals surface area contributed by atoms with Gasteiger partial charge in [0.25, 0.3) is 0 Å². The summed E-state index contributed by atoms with van der Waals surface area (Å²) in [7, 11) is 0. The van der Waals surface area contributed by atoms with Crippen LogP contribution in [0, 0.1) is 5.92 Å². The predicted octanol–water partition coefficient (Wildman–Crippen LogP) is 6.76. The van der Waals surface area contributed by atoms with Gasteiger partial charge in [0.1, 0.15) is 0 Å². The van der Waals surface area contributed by atoms with Crippen molar-refractivity contribution in [2.45, 2.75) is 72.6 Å². The molecule has 0 nitrogen and oxygen atoms in total. The maximum absolute atomic E-state index is 4.32. The monoisotopic (exact) mass is 272 g/mol. The van der Waals surface area contributed by atoms with Crippen LogP contribution in [-0.4, -0.2) is 0 Å². The van der Waals surface area contributed by atoms with Gasteiger partial charge in [0, 0.05) is 0 Å². The highest BCUT2D eigenvalue weighted by Gasteiger charge is 2.16. The highest BCUT2D eigenvalue weighted by Crippen LogP contribution is 2.32. The van der Waals surface area contributed by atoms with Gasteiger partial charge < -0.3 is 0 Å². The van der Waals surface area contributed by atoms with Crippen LogP contribution >= 0.6 is 0 Å². The van der Waals surface area contributed by atoms with E-state index < -0.39 is 0 Å². The fourth-order valence-corrected chi connectivity index (χ4v) is 2.78. The number of rotatable bonds is 7. The molecule has 0 radical (unpaired) electrons. The van der Waals surface area contributed by atoms with E-state index in [1.807, 2.05) is 0 Å². The summed E-state index contributed by atoms with van der Waals surface area (Å²) in [6.45, 7) is 13.0. The Bertz CT molecular complexity index is 396. The molecule has 0 unspecified atom stereocenters. The zero-order valence-corrected chi connectivity index (χ0v) is 14.0. The van der Waals surface area contributed by atoms with Crippen LogP contribution in [0.2, 0.25) is 0 Å². The van der Waals surface area contributed by atoms with E-state index in [2.05, 4.69) is 52.5 Å². The van der Waals surface area contributed by atoms with Crippen LogP contribution in [0.4, 0.5) is 0 Å². The van der Waals surface area contributed by atoms with Gasteiger partial charge in [0.15, 0.2) is 0 Å². The SMILES string of the molecule is C=C(CCC=C(C)C)[C@@H]1CC=C(CCC=C(C)C)CC1. The zero-order chi connectivity index (χ0) is 15.0. The van der Waals surface area contributed by atoms with Crippen LogP contribution in [0.1, 0.15) is 72.6 Å². The minimum absolute atomic E-state index is 0.729. The third-order valence-corrected chi connectivity index (χ3v) is 4.12. The lowest BCUT2D eigenvalue weighted by Gasteiger charge is -2.23. The molecular weight excluding hydrogens is 240 g/mol. The highest BCUT2D eigenvalue weighted by molar-refractivity contribution is 5.14. The van der Waals surface area contributed by atoms with Crippen molar-refractivity contribution in [2.24, 2.45) is 5.92 Å². The summed E-state index contributed by atoms with van der Waals surface area (Å²) < 4.78 is 0. The first-order valence-electron chi connectivity index (χ1n) is 8.11. The van der Waals surface area contributed by atoms with Gasteiger partial charge in [-0.15, -0.1) is 0 Å². The van der Waals surface area contributed by atoms with Gasteiger partial charge in [0.2, 0.25) is 0 Å². The Labute approximate surface area is 126 Å². The maximum atomic E-state index is 4.32. The van der Waals surface area contributed by atoms with E-state index in [1.54, 1.807) is 5.57 Å². The summed E-state index contributed by atoms with van der Waals surface area (Å²) in [5.74, 6) is 0.729. The normalized spacial score (nSPS) is 18.2. The lowest BCUT2D eigenvalue weighted by molar-refractivity contribution is 0.516. The molecule has 20 heavy (non-hydrogen) atoms. The van der Waals surface area contributed by atoms with Gasteiger partial charge in [0.05, 0.1) is 0 Å². The second-order valence-corrected chi connectivity index (χ2v) is 6.63. The molecule has 112 valence electrons. The standard InChI is InChI=1S/C20H32/c1-16(2)8-6-10-18(5)20-14-12-19(13-15-20)11-7-9-17(3)4/h8-9,12,20H,5-7,10-11,13-15H2,1-4H3/t20-/m1/s1. The molecule has 0 heteroatoms. The number of allylic oxidation sites excluding steroid dienone is 7. The molecule has 0 saturated heterocycles. The smallest absolute Gasteiger partial charge is 0.0168 e. The minimum atomic E-state index is 0.729. The minimum Gasteiger partial charge on any atom is -0.0996 e. The second-order valence-electron chi connectivity index (χ2n) is 6.63. The molecule has 1 aliphatic rings. The van der Waals surface area contributed by atoms with Crippen LogP contribution in [0.15, 0.2) is 47.1 Å². The lowest BCUT2D eigenvalue weighted by Crippen LogP contribution is -2.08. The fraction of sp³-hybridized carbons (Fsp3) is 0.600. The van der Waals surface area contributed by atoms with Gasteiger partial charge in [-0.1, -0.05) is 47.1 Å². The van der Waals surface area contributed by atoms with E-state index >= 15 is 0 Å². The molecule has 1 rings (SSSR count). The Morgan fingerprint density at radius 1 is 1.15 bits per heavy atom. The molecule has 0 aromatic rings. The van der Waals surface area contributed by atoms with E-state index in [0.717, 1.165) is 18.8 Å². The third kappa shape index (κ3) is 6.93. The van der Waals surface area contributed by atoms with Crippen LogP contribution < -0.4 is 0 Å². The molecular formula is C20H32. The van der Waals surface area contributed by atoms with Gasteiger partial charge in [-0.3, -0.25) is 0 Å². The van der Waals surface area contributed by atoms with Gasteiger partial charge in [-0.25, -0.2) is 0 Å². The van der Waals surface area contributed by atoms with E-state index in [9.17, 15) is 0 Å². The molecule has 0 amide bonds. The second kappa shape index (κ2) is 9.00. The molecule has 0 aromatic carbocycles. The number of hydrogen-bond donors (Lipinski definition) is 0. The molecule has 0 N–H and O–H groups in total. The van der Waals surface area contributed by atoms with E-state index in [0.29, 0.717) is 0 Å². The summed E-state index contributed by atoms with van der Waals surface area (Å²) in [5.41, 5.74) is 5.98. The maximum Gasteiger partial charge on any atom is -0.0168 e. The summed E-state index contributed by atoms with van der Waals surface area (Å²) in [4.78, 5) is 0. The molecule has 0 heterocycles. The predicted molar refractivity (Wildman–Crippen MR) is 91.9 cm³/mol. The molecule has 0 bridgehead atoms. The van der Waals surface area contributed by atoms with E-state index in [1.165, 1.54) is 48.8 Å². The average Bonchev–Trinajstić information content (AvgIpc) is 2.38. The Balaban J connectivity index is 2.32.